The molecule has 0 fully saturated rings. The summed E-state index contributed by atoms with van der Waals surface area (Å²) in [6.45, 7) is 2.34. The first-order valence-electron chi connectivity index (χ1n) is 6.55. The number of aryl methyl sites for hydroxylation is 1. The van der Waals surface area contributed by atoms with Gasteiger partial charge in [-0.1, -0.05) is 0 Å². The highest BCUT2D eigenvalue weighted by Crippen LogP contribution is 2.27. The minimum absolute atomic E-state index is 0.0484. The standard InChI is InChI=1S/C14H20N2O3/c1-18-8-6-15-10-14(17)16-12-4-5-13-11(9-12)3-2-7-19-13/h4-5,9,15H,2-3,6-8,10H2,1H3,(H,16,17). The summed E-state index contributed by atoms with van der Waals surface area (Å²) >= 11 is 0. The van der Waals surface area contributed by atoms with Crippen molar-refractivity contribution in [3.05, 3.63) is 23.8 Å². The number of amides is 1. The van der Waals surface area contributed by atoms with Gasteiger partial charge < -0.3 is 20.1 Å². The first kappa shape index (κ1) is 13.8. The molecule has 1 amide bonds. The van der Waals surface area contributed by atoms with E-state index in [9.17, 15) is 4.79 Å². The molecule has 0 saturated heterocycles. The number of carbonyl (C=O) groups excluding carboxylic acids is 1. The van der Waals surface area contributed by atoms with E-state index in [2.05, 4.69) is 10.6 Å². The second kappa shape index (κ2) is 7.11. The molecular weight excluding hydrogens is 244 g/mol. The Hall–Kier alpha value is -1.59. The first-order valence-corrected chi connectivity index (χ1v) is 6.55. The normalized spacial score (nSPS) is 13.5. The summed E-state index contributed by atoms with van der Waals surface area (Å²) in [5.74, 6) is 0.884. The lowest BCUT2D eigenvalue weighted by atomic mass is 10.1. The lowest BCUT2D eigenvalue weighted by Gasteiger charge is -2.18. The van der Waals surface area contributed by atoms with Gasteiger partial charge in [-0.25, -0.2) is 0 Å². The Kier molecular flexibility index (Phi) is 5.18. The lowest BCUT2D eigenvalue weighted by molar-refractivity contribution is -0.115. The Morgan fingerprint density at radius 1 is 1.47 bits per heavy atom. The van der Waals surface area contributed by atoms with Gasteiger partial charge in [-0.2, -0.15) is 0 Å². The van der Waals surface area contributed by atoms with Gasteiger partial charge >= 0.3 is 0 Å². The number of hydrogen-bond donors (Lipinski definition) is 2. The van der Waals surface area contributed by atoms with Crippen LogP contribution in [0.1, 0.15) is 12.0 Å². The maximum absolute atomic E-state index is 11.7. The Morgan fingerprint density at radius 3 is 3.21 bits per heavy atom. The molecule has 104 valence electrons. The molecule has 0 spiro atoms. The van der Waals surface area contributed by atoms with E-state index in [1.807, 2.05) is 18.2 Å². The van der Waals surface area contributed by atoms with Gasteiger partial charge in [0.15, 0.2) is 0 Å². The van der Waals surface area contributed by atoms with Crippen molar-refractivity contribution < 1.29 is 14.3 Å². The van der Waals surface area contributed by atoms with E-state index < -0.39 is 0 Å². The number of ether oxygens (including phenoxy) is 2. The SMILES string of the molecule is COCCNCC(=O)Nc1ccc2c(c1)CCCO2. The molecule has 1 aliphatic rings. The van der Waals surface area contributed by atoms with Crippen LogP contribution in [0.3, 0.4) is 0 Å². The first-order chi connectivity index (χ1) is 9.29. The van der Waals surface area contributed by atoms with Gasteiger partial charge in [0, 0.05) is 19.3 Å². The number of hydrogen-bond acceptors (Lipinski definition) is 4. The summed E-state index contributed by atoms with van der Waals surface area (Å²) in [7, 11) is 1.64. The number of anilines is 1. The fourth-order valence-electron chi connectivity index (χ4n) is 2.02. The Bertz CT molecular complexity index is 435. The smallest absolute Gasteiger partial charge is 0.238 e. The van der Waals surface area contributed by atoms with Gasteiger partial charge in [0.2, 0.25) is 5.91 Å². The summed E-state index contributed by atoms with van der Waals surface area (Å²) in [6.07, 6.45) is 2.04. The average molecular weight is 264 g/mol. The van der Waals surface area contributed by atoms with Crippen LogP contribution in [0.25, 0.3) is 0 Å². The molecule has 1 aromatic rings. The fraction of sp³-hybridized carbons (Fsp3) is 0.500. The topological polar surface area (TPSA) is 59.6 Å². The summed E-state index contributed by atoms with van der Waals surface area (Å²) in [4.78, 5) is 11.7. The Morgan fingerprint density at radius 2 is 2.37 bits per heavy atom. The molecule has 2 rings (SSSR count). The third-order valence-electron chi connectivity index (χ3n) is 2.96. The maximum Gasteiger partial charge on any atom is 0.238 e. The monoisotopic (exact) mass is 264 g/mol. The fourth-order valence-corrected chi connectivity index (χ4v) is 2.02. The number of methoxy groups -OCH3 is 1. The zero-order valence-corrected chi connectivity index (χ0v) is 11.2. The third kappa shape index (κ3) is 4.22. The minimum atomic E-state index is -0.0484. The van der Waals surface area contributed by atoms with Gasteiger partial charge in [-0.15, -0.1) is 0 Å². The summed E-state index contributed by atoms with van der Waals surface area (Å²) < 4.78 is 10.4. The van der Waals surface area contributed by atoms with Crippen molar-refractivity contribution in [3.63, 3.8) is 0 Å². The second-order valence-corrected chi connectivity index (χ2v) is 4.49. The summed E-state index contributed by atoms with van der Waals surface area (Å²) in [5, 5.41) is 5.88. The maximum atomic E-state index is 11.7. The molecule has 0 aliphatic carbocycles. The molecule has 0 bridgehead atoms. The van der Waals surface area contributed by atoms with Crippen LogP contribution >= 0.6 is 0 Å². The van der Waals surface area contributed by atoms with E-state index in [4.69, 9.17) is 9.47 Å². The van der Waals surface area contributed by atoms with Crippen LogP contribution in [0.15, 0.2) is 18.2 Å². The van der Waals surface area contributed by atoms with E-state index in [0.29, 0.717) is 13.2 Å². The van der Waals surface area contributed by atoms with Gasteiger partial charge in [-0.05, 0) is 36.6 Å². The Balaban J connectivity index is 1.83. The number of fused-ring (bicyclic) bond motifs is 1. The van der Waals surface area contributed by atoms with Crippen LogP contribution in [0.4, 0.5) is 5.69 Å². The molecule has 2 N–H and O–H groups in total. The highest BCUT2D eigenvalue weighted by atomic mass is 16.5. The van der Waals surface area contributed by atoms with Crippen molar-refractivity contribution in [3.8, 4) is 5.75 Å². The van der Waals surface area contributed by atoms with E-state index in [1.165, 1.54) is 0 Å². The van der Waals surface area contributed by atoms with E-state index in [-0.39, 0.29) is 12.5 Å². The van der Waals surface area contributed by atoms with Gasteiger partial charge in [0.25, 0.3) is 0 Å². The molecule has 5 nitrogen and oxygen atoms in total. The van der Waals surface area contributed by atoms with Crippen molar-refractivity contribution >= 4 is 11.6 Å². The zero-order chi connectivity index (χ0) is 13.5. The van der Waals surface area contributed by atoms with Crippen molar-refractivity contribution in [2.45, 2.75) is 12.8 Å². The van der Waals surface area contributed by atoms with Crippen molar-refractivity contribution in [1.82, 2.24) is 5.32 Å². The average Bonchev–Trinajstić information content (AvgIpc) is 2.43. The molecular formula is C14H20N2O3. The van der Waals surface area contributed by atoms with Gasteiger partial charge in [0.05, 0.1) is 19.8 Å². The largest absolute Gasteiger partial charge is 0.493 e. The van der Waals surface area contributed by atoms with E-state index in [0.717, 1.165) is 36.4 Å². The molecule has 0 aromatic heterocycles. The molecule has 1 aliphatic heterocycles. The Labute approximate surface area is 113 Å². The predicted molar refractivity (Wildman–Crippen MR) is 73.6 cm³/mol. The summed E-state index contributed by atoms with van der Waals surface area (Å²) in [6, 6.07) is 5.78. The molecule has 1 heterocycles. The number of nitrogens with one attached hydrogen (secondary N) is 2. The summed E-state index contributed by atoms with van der Waals surface area (Å²) in [5.41, 5.74) is 1.99. The van der Waals surface area contributed by atoms with Crippen molar-refractivity contribution in [1.29, 1.82) is 0 Å². The molecule has 0 saturated carbocycles. The molecule has 5 heteroatoms. The van der Waals surface area contributed by atoms with Crippen LogP contribution < -0.4 is 15.4 Å². The third-order valence-corrected chi connectivity index (χ3v) is 2.96. The number of carbonyl (C=O) groups is 1. The van der Waals surface area contributed by atoms with Gasteiger partial charge in [-0.3, -0.25) is 4.79 Å². The highest BCUT2D eigenvalue weighted by molar-refractivity contribution is 5.92. The van der Waals surface area contributed by atoms with Crippen LogP contribution in [0, 0.1) is 0 Å². The molecule has 19 heavy (non-hydrogen) atoms. The molecule has 0 atom stereocenters. The molecule has 0 unspecified atom stereocenters. The van der Waals surface area contributed by atoms with Crippen molar-refractivity contribution in [2.24, 2.45) is 0 Å². The van der Waals surface area contributed by atoms with Crippen LogP contribution in [0.2, 0.25) is 0 Å². The lowest BCUT2D eigenvalue weighted by Crippen LogP contribution is -2.30. The highest BCUT2D eigenvalue weighted by Gasteiger charge is 2.11. The zero-order valence-electron chi connectivity index (χ0n) is 11.2. The van der Waals surface area contributed by atoms with E-state index >= 15 is 0 Å². The minimum Gasteiger partial charge on any atom is -0.493 e. The van der Waals surface area contributed by atoms with Gasteiger partial charge in [0.1, 0.15) is 5.75 Å². The van der Waals surface area contributed by atoms with Crippen LogP contribution in [-0.4, -0.2) is 39.3 Å². The number of rotatable bonds is 6. The van der Waals surface area contributed by atoms with Crippen molar-refractivity contribution in [2.75, 3.05) is 38.7 Å². The van der Waals surface area contributed by atoms with Crippen LogP contribution in [-0.2, 0) is 16.0 Å². The van der Waals surface area contributed by atoms with Crippen LogP contribution in [0.5, 0.6) is 5.75 Å². The quantitative estimate of drug-likeness (QED) is 0.758. The van der Waals surface area contributed by atoms with E-state index in [1.54, 1.807) is 7.11 Å². The molecule has 1 aromatic carbocycles. The molecule has 0 radical (unpaired) electrons. The number of benzene rings is 1. The second-order valence-electron chi connectivity index (χ2n) is 4.49. The predicted octanol–water partition coefficient (Wildman–Crippen LogP) is 1.19.